The molecule has 3 aliphatic rings. The summed E-state index contributed by atoms with van der Waals surface area (Å²) in [5.41, 5.74) is 5.74. The van der Waals surface area contributed by atoms with E-state index in [-0.39, 0.29) is 17.4 Å². The monoisotopic (exact) mass is 490 g/mol. The van der Waals surface area contributed by atoms with Crippen molar-refractivity contribution in [3.05, 3.63) is 41.6 Å². The van der Waals surface area contributed by atoms with Crippen molar-refractivity contribution in [3.63, 3.8) is 0 Å². The van der Waals surface area contributed by atoms with E-state index >= 15 is 0 Å². The number of amides is 1. The molecule has 196 valence electrons. The zero-order valence-corrected chi connectivity index (χ0v) is 23.3. The van der Waals surface area contributed by atoms with Gasteiger partial charge in [-0.1, -0.05) is 31.9 Å². The van der Waals surface area contributed by atoms with Crippen LogP contribution in [0.2, 0.25) is 0 Å². The van der Waals surface area contributed by atoms with Gasteiger partial charge >= 0.3 is 0 Å². The number of benzene rings is 1. The Bertz CT molecular complexity index is 1170. The minimum absolute atomic E-state index is 0.00804. The van der Waals surface area contributed by atoms with Crippen molar-refractivity contribution in [3.8, 4) is 0 Å². The summed E-state index contributed by atoms with van der Waals surface area (Å²) in [6, 6.07) is 8.39. The molecular formula is C32H46N2O2. The van der Waals surface area contributed by atoms with Gasteiger partial charge in [-0.15, -0.1) is 0 Å². The molecule has 3 aliphatic carbocycles. The highest BCUT2D eigenvalue weighted by Gasteiger charge is 2.58. The lowest BCUT2D eigenvalue weighted by Gasteiger charge is -2.62. The van der Waals surface area contributed by atoms with Crippen molar-refractivity contribution in [2.45, 2.75) is 91.6 Å². The maximum Gasteiger partial charge on any atom is 0.226 e. The van der Waals surface area contributed by atoms with Crippen LogP contribution >= 0.6 is 0 Å². The summed E-state index contributed by atoms with van der Waals surface area (Å²) in [5.74, 6) is 2.19. The molecule has 0 radical (unpaired) electrons. The number of carbonyl (C=O) groups is 1. The molecule has 1 heterocycles. The zero-order valence-electron chi connectivity index (χ0n) is 23.3. The van der Waals surface area contributed by atoms with E-state index in [1.807, 2.05) is 11.9 Å². The largest absolute Gasteiger partial charge is 0.393 e. The summed E-state index contributed by atoms with van der Waals surface area (Å²) in [6.45, 7) is 9.51. The minimum atomic E-state index is -0.168. The van der Waals surface area contributed by atoms with Crippen molar-refractivity contribution in [2.24, 2.45) is 35.6 Å². The van der Waals surface area contributed by atoms with E-state index in [4.69, 9.17) is 0 Å². The second-order valence-electron chi connectivity index (χ2n) is 13.0. The van der Waals surface area contributed by atoms with E-state index in [2.05, 4.69) is 69.8 Å². The standard InChI is InChI=1S/C32H46N2O2/c1-21-10-13-26-25(12-15-28-31(2,3)29(35)16-18-32(26,28)4)24(21)8-7-9-30(36)34(6)23-11-14-27-22(20-23)17-19-33(27)5/h11,14,17,19-20,25-26,28-29,35H,7-10,12-13,15-16,18H2,1-6H3/t25-,26-,28-,29-,32+/m0/s1. The molecule has 0 aliphatic heterocycles. The maximum atomic E-state index is 13.1. The molecule has 2 saturated carbocycles. The van der Waals surface area contributed by atoms with Crippen molar-refractivity contribution in [2.75, 3.05) is 11.9 Å². The minimum Gasteiger partial charge on any atom is -0.393 e. The number of hydrogen-bond acceptors (Lipinski definition) is 2. The van der Waals surface area contributed by atoms with Crippen molar-refractivity contribution < 1.29 is 9.90 Å². The maximum absolute atomic E-state index is 13.1. The van der Waals surface area contributed by atoms with Gasteiger partial charge in [0.15, 0.2) is 0 Å². The van der Waals surface area contributed by atoms with Crippen LogP contribution in [0.5, 0.6) is 0 Å². The first kappa shape index (κ1) is 25.6. The van der Waals surface area contributed by atoms with Crippen LogP contribution < -0.4 is 4.90 Å². The number of rotatable bonds is 5. The Balaban J connectivity index is 1.24. The van der Waals surface area contributed by atoms with Crippen LogP contribution in [0.4, 0.5) is 5.69 Å². The van der Waals surface area contributed by atoms with E-state index in [9.17, 15) is 9.90 Å². The molecule has 0 saturated heterocycles. The predicted octanol–water partition coefficient (Wildman–Crippen LogP) is 7.25. The first-order valence-electron chi connectivity index (χ1n) is 14.2. The predicted molar refractivity (Wildman–Crippen MR) is 149 cm³/mol. The number of allylic oxidation sites excluding steroid dienone is 2. The number of anilines is 1. The second-order valence-corrected chi connectivity index (χ2v) is 13.0. The van der Waals surface area contributed by atoms with Gasteiger partial charge in [-0.05, 0) is 111 Å². The van der Waals surface area contributed by atoms with E-state index in [0.717, 1.165) is 37.3 Å². The molecule has 36 heavy (non-hydrogen) atoms. The highest BCUT2D eigenvalue weighted by molar-refractivity contribution is 5.95. The number of carbonyl (C=O) groups excluding carboxylic acids is 1. The van der Waals surface area contributed by atoms with Crippen LogP contribution in [-0.4, -0.2) is 28.7 Å². The number of aromatic nitrogens is 1. The fraction of sp³-hybridized carbons (Fsp3) is 0.656. The van der Waals surface area contributed by atoms with Crippen LogP contribution in [0.1, 0.15) is 85.5 Å². The van der Waals surface area contributed by atoms with Crippen molar-refractivity contribution >= 4 is 22.5 Å². The third-order valence-electron chi connectivity index (χ3n) is 10.9. The molecule has 4 heteroatoms. The molecule has 2 fully saturated rings. The summed E-state index contributed by atoms with van der Waals surface area (Å²) in [7, 11) is 3.96. The normalized spacial score (nSPS) is 31.8. The van der Waals surface area contributed by atoms with E-state index in [0.29, 0.717) is 23.7 Å². The van der Waals surface area contributed by atoms with E-state index in [1.165, 1.54) is 36.6 Å². The van der Waals surface area contributed by atoms with E-state index in [1.54, 1.807) is 11.1 Å². The van der Waals surface area contributed by atoms with Gasteiger partial charge < -0.3 is 14.6 Å². The van der Waals surface area contributed by atoms with E-state index < -0.39 is 0 Å². The van der Waals surface area contributed by atoms with Gasteiger partial charge in [-0.2, -0.15) is 0 Å². The molecule has 1 aromatic heterocycles. The van der Waals surface area contributed by atoms with Crippen LogP contribution in [0.15, 0.2) is 41.6 Å². The molecule has 0 bridgehead atoms. The first-order valence-corrected chi connectivity index (χ1v) is 14.2. The number of aliphatic hydroxyl groups excluding tert-OH is 1. The van der Waals surface area contributed by atoms with Crippen LogP contribution in [-0.2, 0) is 11.8 Å². The molecule has 1 amide bonds. The third kappa shape index (κ3) is 4.14. The van der Waals surface area contributed by atoms with Gasteiger partial charge in [0.25, 0.3) is 0 Å². The molecule has 5 rings (SSSR count). The van der Waals surface area contributed by atoms with Crippen LogP contribution in [0.3, 0.4) is 0 Å². The van der Waals surface area contributed by atoms with Gasteiger partial charge in [0.2, 0.25) is 5.91 Å². The Morgan fingerprint density at radius 1 is 1.14 bits per heavy atom. The van der Waals surface area contributed by atoms with Crippen molar-refractivity contribution in [1.29, 1.82) is 0 Å². The Kier molecular flexibility index (Phi) is 6.64. The Hall–Kier alpha value is -2.07. The van der Waals surface area contributed by atoms with Gasteiger partial charge in [-0.3, -0.25) is 4.79 Å². The van der Waals surface area contributed by atoms with Gasteiger partial charge in [0.1, 0.15) is 0 Å². The highest BCUT2D eigenvalue weighted by atomic mass is 16.3. The van der Waals surface area contributed by atoms with Crippen LogP contribution in [0.25, 0.3) is 10.9 Å². The summed E-state index contributed by atoms with van der Waals surface area (Å²) in [4.78, 5) is 14.9. The van der Waals surface area contributed by atoms with Crippen molar-refractivity contribution in [1.82, 2.24) is 4.57 Å². The summed E-state index contributed by atoms with van der Waals surface area (Å²) >= 11 is 0. The molecule has 4 nitrogen and oxygen atoms in total. The van der Waals surface area contributed by atoms with Gasteiger partial charge in [0, 0.05) is 43.3 Å². The first-order chi connectivity index (χ1) is 17.0. The third-order valence-corrected chi connectivity index (χ3v) is 10.9. The summed E-state index contributed by atoms with van der Waals surface area (Å²) < 4.78 is 2.11. The SMILES string of the molecule is CC1=C(CCCC(=O)N(C)c2ccc3c(ccn3C)c2)[C@@H]2CC[C@H]3C(C)(C)[C@@H](O)CC[C@]3(C)[C@H]2CC1. The topological polar surface area (TPSA) is 45.5 Å². The zero-order chi connectivity index (χ0) is 25.8. The molecule has 5 atom stereocenters. The average molecular weight is 491 g/mol. The lowest BCUT2D eigenvalue weighted by atomic mass is 9.43. The number of aliphatic hydroxyl groups is 1. The quantitative estimate of drug-likeness (QED) is 0.449. The smallest absolute Gasteiger partial charge is 0.226 e. The molecule has 2 aromatic rings. The summed E-state index contributed by atoms with van der Waals surface area (Å²) in [6.07, 6.45) is 11.5. The molecule has 1 aromatic carbocycles. The van der Waals surface area contributed by atoms with Gasteiger partial charge in [-0.25, -0.2) is 0 Å². The number of nitrogens with zero attached hydrogens (tertiary/aromatic N) is 2. The Morgan fingerprint density at radius 3 is 2.69 bits per heavy atom. The molecular weight excluding hydrogens is 444 g/mol. The molecule has 0 unspecified atom stereocenters. The summed E-state index contributed by atoms with van der Waals surface area (Å²) in [5, 5.41) is 12.0. The Labute approximate surface area is 217 Å². The Morgan fingerprint density at radius 2 is 1.92 bits per heavy atom. The molecule has 0 spiro atoms. The lowest BCUT2D eigenvalue weighted by molar-refractivity contribution is -0.149. The average Bonchev–Trinajstić information content (AvgIpc) is 3.22. The van der Waals surface area contributed by atoms with Gasteiger partial charge in [0.05, 0.1) is 6.10 Å². The second kappa shape index (κ2) is 9.35. The van der Waals surface area contributed by atoms with Crippen LogP contribution in [0, 0.1) is 28.6 Å². The highest BCUT2D eigenvalue weighted by Crippen LogP contribution is 2.64. The number of aryl methyl sites for hydroxylation is 1. The lowest BCUT2D eigenvalue weighted by Crippen LogP contribution is -2.56. The molecule has 1 N–H and O–H groups in total. The fourth-order valence-corrected chi connectivity index (χ4v) is 8.64. The number of fused-ring (bicyclic) bond motifs is 4. The fourth-order valence-electron chi connectivity index (χ4n) is 8.64. The number of hydrogen-bond donors (Lipinski definition) is 1.